The predicted octanol–water partition coefficient (Wildman–Crippen LogP) is 3.39. The van der Waals surface area contributed by atoms with Crippen molar-refractivity contribution in [1.82, 2.24) is 14.7 Å². The first-order valence-electron chi connectivity index (χ1n) is 9.78. The van der Waals surface area contributed by atoms with E-state index in [0.717, 1.165) is 50.9 Å². The van der Waals surface area contributed by atoms with Crippen LogP contribution in [0.1, 0.15) is 42.7 Å². The predicted molar refractivity (Wildman–Crippen MR) is 105 cm³/mol. The number of amides is 1. The van der Waals surface area contributed by atoms with Gasteiger partial charge in [0.2, 0.25) is 5.91 Å². The zero-order valence-electron chi connectivity index (χ0n) is 15.9. The highest BCUT2D eigenvalue weighted by Gasteiger charge is 2.41. The van der Waals surface area contributed by atoms with Gasteiger partial charge in [-0.25, -0.2) is 0 Å². The Morgan fingerprint density at radius 3 is 2.74 bits per heavy atom. The summed E-state index contributed by atoms with van der Waals surface area (Å²) in [6.07, 6.45) is 11.1. The number of benzene rings is 1. The number of aryl methyl sites for hydroxylation is 1. The van der Waals surface area contributed by atoms with Crippen molar-refractivity contribution in [3.63, 3.8) is 0 Å². The number of carbonyl (C=O) groups excluding carboxylic acids is 1. The maximum Gasteiger partial charge on any atom is 0.246 e. The standard InChI is InChI=1S/C22H27N3O2/c1-24-17-18(16-23-24)7-8-21(26)25-12-10-22(11-13-25)15-20(9-14-27-22)19-5-3-2-4-6-19/h2-8,16-17,20H,9-15H2,1H3. The van der Waals surface area contributed by atoms with Gasteiger partial charge in [-0.1, -0.05) is 30.3 Å². The molecule has 0 radical (unpaired) electrons. The molecule has 0 bridgehead atoms. The van der Waals surface area contributed by atoms with Crippen LogP contribution < -0.4 is 0 Å². The molecule has 3 heterocycles. The average Bonchev–Trinajstić information content (AvgIpc) is 3.13. The van der Waals surface area contributed by atoms with E-state index in [0.29, 0.717) is 5.92 Å². The fraction of sp³-hybridized carbons (Fsp3) is 0.455. The smallest absolute Gasteiger partial charge is 0.246 e. The van der Waals surface area contributed by atoms with E-state index in [-0.39, 0.29) is 11.5 Å². The Balaban J connectivity index is 1.35. The van der Waals surface area contributed by atoms with Crippen LogP contribution in [0.3, 0.4) is 0 Å². The second kappa shape index (κ2) is 7.69. The molecule has 0 aliphatic carbocycles. The Labute approximate surface area is 160 Å². The Bertz CT molecular complexity index is 804. The third-order valence-electron chi connectivity index (χ3n) is 5.89. The zero-order valence-corrected chi connectivity index (χ0v) is 15.9. The van der Waals surface area contributed by atoms with E-state index in [1.807, 2.05) is 24.2 Å². The molecule has 2 fully saturated rings. The van der Waals surface area contributed by atoms with E-state index in [9.17, 15) is 4.79 Å². The van der Waals surface area contributed by atoms with Gasteiger partial charge >= 0.3 is 0 Å². The Kier molecular flexibility index (Phi) is 5.12. The molecule has 2 saturated heterocycles. The summed E-state index contributed by atoms with van der Waals surface area (Å²) in [6.45, 7) is 2.34. The summed E-state index contributed by atoms with van der Waals surface area (Å²) in [5.74, 6) is 0.636. The minimum atomic E-state index is -0.0669. The van der Waals surface area contributed by atoms with Crippen LogP contribution in [-0.4, -0.2) is 45.9 Å². The molecule has 2 aromatic rings. The van der Waals surface area contributed by atoms with Crippen molar-refractivity contribution in [2.24, 2.45) is 7.05 Å². The Morgan fingerprint density at radius 2 is 2.04 bits per heavy atom. The van der Waals surface area contributed by atoms with Crippen LogP contribution in [0.4, 0.5) is 0 Å². The summed E-state index contributed by atoms with van der Waals surface area (Å²) in [7, 11) is 1.87. The van der Waals surface area contributed by atoms with E-state index in [1.54, 1.807) is 17.0 Å². The SMILES string of the molecule is Cn1cc(C=CC(=O)N2CCC3(CC2)CC(c2ccccc2)CCO3)cn1. The lowest BCUT2D eigenvalue weighted by Gasteiger charge is -2.46. The molecule has 142 valence electrons. The van der Waals surface area contributed by atoms with Crippen LogP contribution in [0.25, 0.3) is 6.08 Å². The van der Waals surface area contributed by atoms with Crippen LogP contribution in [0.5, 0.6) is 0 Å². The van der Waals surface area contributed by atoms with Crippen LogP contribution in [0, 0.1) is 0 Å². The van der Waals surface area contributed by atoms with Crippen LogP contribution in [0.2, 0.25) is 0 Å². The Morgan fingerprint density at radius 1 is 1.26 bits per heavy atom. The number of carbonyl (C=O) groups is 1. The van der Waals surface area contributed by atoms with E-state index < -0.39 is 0 Å². The molecule has 1 aromatic heterocycles. The summed E-state index contributed by atoms with van der Waals surface area (Å²) in [5.41, 5.74) is 2.29. The number of nitrogens with zero attached hydrogens (tertiary/aromatic N) is 3. The van der Waals surface area contributed by atoms with E-state index >= 15 is 0 Å². The van der Waals surface area contributed by atoms with Gasteiger partial charge in [0.05, 0.1) is 11.8 Å². The van der Waals surface area contributed by atoms with E-state index in [4.69, 9.17) is 4.74 Å². The zero-order chi connectivity index (χ0) is 18.7. The van der Waals surface area contributed by atoms with Gasteiger partial charge in [0.25, 0.3) is 0 Å². The lowest BCUT2D eigenvalue weighted by atomic mass is 9.77. The quantitative estimate of drug-likeness (QED) is 0.784. The molecule has 1 aromatic carbocycles. The van der Waals surface area contributed by atoms with Crippen molar-refractivity contribution < 1.29 is 9.53 Å². The van der Waals surface area contributed by atoms with Gasteiger partial charge in [0, 0.05) is 44.6 Å². The molecule has 1 atom stereocenters. The van der Waals surface area contributed by atoms with Crippen molar-refractivity contribution in [2.45, 2.75) is 37.2 Å². The average molecular weight is 365 g/mol. The monoisotopic (exact) mass is 365 g/mol. The first kappa shape index (κ1) is 18.0. The number of hydrogen-bond donors (Lipinski definition) is 0. The van der Waals surface area contributed by atoms with E-state index in [1.165, 1.54) is 5.56 Å². The molecule has 1 unspecified atom stereocenters. The molecule has 0 N–H and O–H groups in total. The van der Waals surface area contributed by atoms with Crippen LogP contribution in [0.15, 0.2) is 48.8 Å². The number of piperidine rings is 1. The van der Waals surface area contributed by atoms with Crippen molar-refractivity contribution in [2.75, 3.05) is 19.7 Å². The number of ether oxygens (including phenoxy) is 1. The first-order chi connectivity index (χ1) is 13.1. The molecule has 27 heavy (non-hydrogen) atoms. The summed E-state index contributed by atoms with van der Waals surface area (Å²) in [6, 6.07) is 10.8. The lowest BCUT2D eigenvalue weighted by molar-refractivity contribution is -0.139. The van der Waals surface area contributed by atoms with E-state index in [2.05, 4.69) is 35.4 Å². The van der Waals surface area contributed by atoms with Gasteiger partial charge < -0.3 is 9.64 Å². The van der Waals surface area contributed by atoms with Gasteiger partial charge in [-0.15, -0.1) is 0 Å². The molecule has 4 rings (SSSR count). The number of likely N-dealkylation sites (tertiary alicyclic amines) is 1. The van der Waals surface area contributed by atoms with Crippen LogP contribution in [-0.2, 0) is 16.6 Å². The Hall–Kier alpha value is -2.40. The topological polar surface area (TPSA) is 47.4 Å². The number of aromatic nitrogens is 2. The fourth-order valence-corrected chi connectivity index (χ4v) is 4.32. The summed E-state index contributed by atoms with van der Waals surface area (Å²) < 4.78 is 7.99. The highest BCUT2D eigenvalue weighted by atomic mass is 16.5. The van der Waals surface area contributed by atoms with Crippen LogP contribution >= 0.6 is 0 Å². The molecule has 0 saturated carbocycles. The fourth-order valence-electron chi connectivity index (χ4n) is 4.32. The third kappa shape index (κ3) is 4.14. The molecule has 2 aliphatic rings. The highest BCUT2D eigenvalue weighted by molar-refractivity contribution is 5.91. The first-order valence-corrected chi connectivity index (χ1v) is 9.78. The molecule has 5 nitrogen and oxygen atoms in total. The highest BCUT2D eigenvalue weighted by Crippen LogP contribution is 2.41. The van der Waals surface area contributed by atoms with Crippen molar-refractivity contribution in [3.05, 3.63) is 59.9 Å². The third-order valence-corrected chi connectivity index (χ3v) is 5.89. The minimum Gasteiger partial charge on any atom is -0.375 e. The molecular formula is C22H27N3O2. The van der Waals surface area contributed by atoms with Gasteiger partial charge in [-0.05, 0) is 43.2 Å². The van der Waals surface area contributed by atoms with Crippen molar-refractivity contribution >= 4 is 12.0 Å². The molecule has 5 heteroatoms. The minimum absolute atomic E-state index is 0.0669. The summed E-state index contributed by atoms with van der Waals surface area (Å²) in [5, 5.41) is 4.12. The molecular weight excluding hydrogens is 338 g/mol. The second-order valence-electron chi connectivity index (χ2n) is 7.74. The summed E-state index contributed by atoms with van der Waals surface area (Å²) in [4.78, 5) is 14.4. The van der Waals surface area contributed by atoms with Gasteiger partial charge in [-0.2, -0.15) is 5.10 Å². The van der Waals surface area contributed by atoms with Gasteiger partial charge in [-0.3, -0.25) is 9.48 Å². The maximum absolute atomic E-state index is 12.5. The number of rotatable bonds is 3. The van der Waals surface area contributed by atoms with Crippen molar-refractivity contribution in [3.8, 4) is 0 Å². The second-order valence-corrected chi connectivity index (χ2v) is 7.74. The maximum atomic E-state index is 12.5. The van der Waals surface area contributed by atoms with Gasteiger partial charge in [0.1, 0.15) is 0 Å². The number of hydrogen-bond acceptors (Lipinski definition) is 3. The lowest BCUT2D eigenvalue weighted by Crippen LogP contribution is -2.50. The molecule has 1 amide bonds. The summed E-state index contributed by atoms with van der Waals surface area (Å²) >= 11 is 0. The largest absolute Gasteiger partial charge is 0.375 e. The van der Waals surface area contributed by atoms with Crippen molar-refractivity contribution in [1.29, 1.82) is 0 Å². The molecule has 2 aliphatic heterocycles. The van der Waals surface area contributed by atoms with Gasteiger partial charge in [0.15, 0.2) is 0 Å². The normalized spacial score (nSPS) is 22.4. The molecule has 1 spiro atoms.